The molecule has 1 unspecified atom stereocenters. The lowest BCUT2D eigenvalue weighted by Crippen LogP contribution is -2.19. The van der Waals surface area contributed by atoms with Crippen LogP contribution in [0.3, 0.4) is 0 Å². The molecule has 0 radical (unpaired) electrons. The molecule has 1 atom stereocenters. The van der Waals surface area contributed by atoms with Crippen molar-refractivity contribution in [3.63, 3.8) is 0 Å². The summed E-state index contributed by atoms with van der Waals surface area (Å²) in [6.45, 7) is 39.0. The zero-order valence-electron chi connectivity index (χ0n) is 24.0. The van der Waals surface area contributed by atoms with Gasteiger partial charge in [0.15, 0.2) is 0 Å². The van der Waals surface area contributed by atoms with Crippen molar-refractivity contribution in [2.24, 2.45) is 22.7 Å². The molecule has 0 aromatic carbocycles. The molecule has 0 saturated heterocycles. The Morgan fingerprint density at radius 3 is 0.725 bits per heavy atom. The third kappa shape index (κ3) is 223. The fourth-order valence-corrected chi connectivity index (χ4v) is 2.53. The van der Waals surface area contributed by atoms with Crippen LogP contribution in [-0.4, -0.2) is 0 Å². The molecule has 0 saturated carbocycles. The first kappa shape index (κ1) is 150. The molecule has 2 heteroatoms. The maximum Gasteiger partial charge on any atom is 0 e. The third-order valence-corrected chi connectivity index (χ3v) is 3.54. The van der Waals surface area contributed by atoms with Crippen molar-refractivity contribution >= 4 is 27.0 Å². The van der Waals surface area contributed by atoms with Crippen LogP contribution in [0.25, 0.3) is 0 Å². The maximum absolute atomic E-state index is 2.35. The van der Waals surface area contributed by atoms with Gasteiger partial charge in [-0.25, -0.2) is 0 Å². The second-order valence-electron chi connectivity index (χ2n) is 8.40. The van der Waals surface area contributed by atoms with Crippen molar-refractivity contribution in [3.05, 3.63) is 0 Å². The van der Waals surface area contributed by atoms with Gasteiger partial charge in [0.1, 0.15) is 0 Å². The van der Waals surface area contributed by atoms with Crippen molar-refractivity contribution < 1.29 is 2.85 Å². The van der Waals surface area contributed by atoms with Gasteiger partial charge in [-0.1, -0.05) is 227 Å². The van der Waals surface area contributed by atoms with Crippen molar-refractivity contribution in [1.29, 1.82) is 0 Å². The zero-order valence-corrected chi connectivity index (χ0v) is 26.0. The van der Waals surface area contributed by atoms with Crippen molar-refractivity contribution in [2.45, 2.75) is 239 Å². The summed E-state index contributed by atoms with van der Waals surface area (Å²) in [7, 11) is 0. The Hall–Kier alpha value is 0.700. The molecule has 0 aromatic heterocycles. The van der Waals surface area contributed by atoms with E-state index < -0.39 is 0 Å². The molecular weight excluding hydrogens is 521 g/mol. The van der Waals surface area contributed by atoms with Gasteiger partial charge < -0.3 is 0 Å². The fraction of sp³-hybridized carbons (Fsp3) is 1.00. The molecule has 40 heavy (non-hydrogen) atoms. The smallest absolute Gasteiger partial charge is 0 e. The van der Waals surface area contributed by atoms with Crippen LogP contribution in [0.2, 0.25) is 0 Å². The highest BCUT2D eigenvalue weighted by Gasteiger charge is 2.23. The Labute approximate surface area is 291 Å². The van der Waals surface area contributed by atoms with E-state index in [-0.39, 0.29) is 119 Å². The summed E-state index contributed by atoms with van der Waals surface area (Å²) < 4.78 is 0. The van der Waals surface area contributed by atoms with E-state index in [0.717, 1.165) is 11.8 Å². The summed E-state index contributed by atoms with van der Waals surface area (Å²) in [5.41, 5.74) is 1.01. The summed E-state index contributed by atoms with van der Waals surface area (Å²) in [6, 6.07) is 0. The Morgan fingerprint density at radius 2 is 0.675 bits per heavy atom. The van der Waals surface area contributed by atoms with Gasteiger partial charge in [0.05, 0.1) is 0 Å². The van der Waals surface area contributed by atoms with E-state index in [4.69, 9.17) is 0 Å². The molecule has 0 bridgehead atoms. The molecule has 0 aliphatic rings. The quantitative estimate of drug-likeness (QED) is 0.279. The normalized spacial score (nSPS) is 6.97. The van der Waals surface area contributed by atoms with Crippen LogP contribution in [-0.2, 0) is 0 Å². The van der Waals surface area contributed by atoms with Gasteiger partial charge >= 0.3 is 0 Å². The first-order chi connectivity index (χ1) is 11.9. The van der Waals surface area contributed by atoms with Crippen LogP contribution in [0.1, 0.15) is 242 Å². The van der Waals surface area contributed by atoms with E-state index in [0.29, 0.717) is 10.8 Å². The first-order valence-corrected chi connectivity index (χ1v) is 11.9. The molecule has 0 N–H and O–H groups in total. The predicted molar refractivity (Wildman–Crippen MR) is 238 cm³/mol. The molecule has 0 heterocycles. The van der Waals surface area contributed by atoms with Crippen LogP contribution in [0.4, 0.5) is 0 Å². The average Bonchev–Trinajstić information content (AvgIpc) is 2.60. The van der Waals surface area contributed by atoms with E-state index in [1.54, 1.807) is 0 Å². The Morgan fingerprint density at radius 1 is 0.475 bits per heavy atom. The maximum atomic E-state index is 2.35. The molecule has 0 aliphatic heterocycles. The van der Waals surface area contributed by atoms with Gasteiger partial charge in [0.2, 0.25) is 0 Å². The molecule has 284 valence electrons. The molecule has 0 rings (SSSR count). The van der Waals surface area contributed by atoms with Gasteiger partial charge in [0.25, 0.3) is 0 Å². The van der Waals surface area contributed by atoms with Crippen molar-refractivity contribution in [3.8, 4) is 0 Å². The molecule has 0 amide bonds. The number of hydrogen-bond donors (Lipinski definition) is 0. The lowest BCUT2D eigenvalue weighted by molar-refractivity contribution is 0.206. The minimum atomic E-state index is 0. The summed E-state index contributed by atoms with van der Waals surface area (Å²) in [6.07, 6.45) is 5.31. The van der Waals surface area contributed by atoms with Gasteiger partial charge in [-0.3, -0.25) is 0 Å². The molecule has 0 aromatic rings. The number of rotatable bonds is 5. The summed E-state index contributed by atoms with van der Waals surface area (Å²) in [4.78, 5) is 0. The molecular formula is C38H120S2. The predicted octanol–water partition coefficient (Wildman–Crippen LogP) is 19.4. The van der Waals surface area contributed by atoms with Gasteiger partial charge in [-0.2, -0.15) is 27.0 Å². The summed E-state index contributed by atoms with van der Waals surface area (Å²) in [5, 5.41) is 0. The van der Waals surface area contributed by atoms with E-state index in [1.165, 1.54) is 25.7 Å². The minimum absolute atomic E-state index is 0. The second-order valence-corrected chi connectivity index (χ2v) is 8.40. The summed E-state index contributed by atoms with van der Waals surface area (Å²) >= 11 is 0. The van der Waals surface area contributed by atoms with Crippen LogP contribution < -0.4 is 0 Å². The zero-order chi connectivity index (χ0) is 23.0. The van der Waals surface area contributed by atoms with E-state index in [9.17, 15) is 0 Å². The lowest BCUT2D eigenvalue weighted by Gasteiger charge is -2.31. The van der Waals surface area contributed by atoms with E-state index >= 15 is 0 Å². The first-order valence-electron chi connectivity index (χ1n) is 11.9. The van der Waals surface area contributed by atoms with E-state index in [2.05, 4.69) is 69.2 Å². The standard InChI is InChI=1S/C10H22.C8H18.4C2H6.12CH4.2H2S.2H2/c1-7-10(5,6)8-9(2,3)4;1-5-8(4)6-7(2)3;4*1-2;;;;;;;;;;;;;;;;/h7-8H2,1-6H3;7-8H,5-6H2,1-4H3;4*1-2H3;12*1H4;2*1H2;2*1H/i;;;;;;;;;;;;;;;;;;;;2*1+2. The van der Waals surface area contributed by atoms with Gasteiger partial charge in [-0.15, -0.1) is 0 Å². The molecule has 0 aliphatic carbocycles. The monoisotopic (exact) mass is 645 g/mol. The van der Waals surface area contributed by atoms with Gasteiger partial charge in [-0.05, 0) is 35.5 Å². The topological polar surface area (TPSA) is 0 Å². The van der Waals surface area contributed by atoms with Crippen molar-refractivity contribution in [1.82, 2.24) is 0 Å². The highest BCUT2D eigenvalue weighted by atomic mass is 32.1. The second kappa shape index (κ2) is 115. The lowest BCUT2D eigenvalue weighted by atomic mass is 9.75. The third-order valence-electron chi connectivity index (χ3n) is 3.54. The fourth-order valence-electron chi connectivity index (χ4n) is 2.53. The minimum Gasteiger partial charge on any atom is -0.197 e. The van der Waals surface area contributed by atoms with Gasteiger partial charge in [0, 0.05) is 2.85 Å². The molecule has 0 nitrogen and oxygen atoms in total. The average molecular weight is 646 g/mol. The molecule has 0 fully saturated rings. The summed E-state index contributed by atoms with van der Waals surface area (Å²) in [5.74, 6) is 1.81. The highest BCUT2D eigenvalue weighted by molar-refractivity contribution is 7.59. The highest BCUT2D eigenvalue weighted by Crippen LogP contribution is 2.35. The molecule has 0 spiro atoms. The Kier molecular flexibility index (Phi) is 432. The SMILES string of the molecule is C.C.C.C.C.C.C.C.C.C.C.C.CC.CC.CC.CC.CCC(C)(C)CC(C)(C)C.CCC(C)CC(C)C.S.S.[3HH].[3HH]. The van der Waals surface area contributed by atoms with Crippen LogP contribution in [0, 0.1) is 22.7 Å². The van der Waals surface area contributed by atoms with Crippen LogP contribution >= 0.6 is 27.0 Å². The number of hydrogen-bond acceptors (Lipinski definition) is 0. The van der Waals surface area contributed by atoms with E-state index in [1.807, 2.05) is 55.4 Å². The Balaban J connectivity index is -0.00000000587. The van der Waals surface area contributed by atoms with Crippen molar-refractivity contribution in [2.75, 3.05) is 0 Å². The largest absolute Gasteiger partial charge is 0.197 e. The Bertz CT molecular complexity index is 204. The van der Waals surface area contributed by atoms with Crippen LogP contribution in [0.15, 0.2) is 0 Å². The van der Waals surface area contributed by atoms with Crippen LogP contribution in [0.5, 0.6) is 0 Å².